The van der Waals surface area contributed by atoms with E-state index in [-0.39, 0.29) is 36.1 Å². The number of aromatic amines is 1. The molecule has 0 saturated heterocycles. The van der Waals surface area contributed by atoms with Crippen LogP contribution in [0, 0.1) is 17.6 Å². The van der Waals surface area contributed by atoms with Gasteiger partial charge in [0.05, 0.1) is 0 Å². The van der Waals surface area contributed by atoms with Crippen molar-refractivity contribution in [2.24, 2.45) is 5.92 Å². The molecule has 2 aromatic rings. The molecule has 0 aliphatic carbocycles. The van der Waals surface area contributed by atoms with Gasteiger partial charge in [-0.05, 0) is 30.5 Å². The van der Waals surface area contributed by atoms with Crippen molar-refractivity contribution in [3.8, 4) is 0 Å². The number of carbonyl (C=O) groups is 1. The summed E-state index contributed by atoms with van der Waals surface area (Å²) in [6.07, 6.45) is 3.44. The second-order valence-corrected chi connectivity index (χ2v) is 7.31. The van der Waals surface area contributed by atoms with Crippen LogP contribution >= 0.6 is 0 Å². The molecule has 1 aromatic carbocycles. The molecule has 0 saturated carbocycles. The van der Waals surface area contributed by atoms with Crippen LogP contribution in [0.15, 0.2) is 33.9 Å². The lowest BCUT2D eigenvalue weighted by Gasteiger charge is -2.25. The number of unbranched alkanes of at least 4 members (excludes halogenated alkanes) is 1. The van der Waals surface area contributed by atoms with Crippen molar-refractivity contribution in [2.75, 3.05) is 17.2 Å². The van der Waals surface area contributed by atoms with Crippen LogP contribution in [0.1, 0.15) is 39.2 Å². The molecule has 0 bridgehead atoms. The summed E-state index contributed by atoms with van der Waals surface area (Å²) in [5, 5.41) is 0. The van der Waals surface area contributed by atoms with Crippen molar-refractivity contribution in [3.63, 3.8) is 0 Å². The SMILES string of the molecule is CCCCn1c(N)c(N(CC(C)C)C(=O)C=Cc2c(F)cccc2F)c(=O)[nH]c1=O. The topological polar surface area (TPSA) is 101 Å². The molecule has 2 rings (SSSR count). The van der Waals surface area contributed by atoms with Crippen molar-refractivity contribution < 1.29 is 13.6 Å². The number of hydrogen-bond acceptors (Lipinski definition) is 4. The van der Waals surface area contributed by atoms with Gasteiger partial charge in [-0.2, -0.15) is 0 Å². The number of amides is 1. The van der Waals surface area contributed by atoms with E-state index in [0.717, 1.165) is 35.6 Å². The fourth-order valence-electron chi connectivity index (χ4n) is 2.95. The summed E-state index contributed by atoms with van der Waals surface area (Å²) in [4.78, 5) is 40.9. The molecule has 1 amide bonds. The van der Waals surface area contributed by atoms with Crippen LogP contribution in [-0.4, -0.2) is 22.0 Å². The van der Waals surface area contributed by atoms with Gasteiger partial charge in [0, 0.05) is 24.7 Å². The summed E-state index contributed by atoms with van der Waals surface area (Å²) in [5.41, 5.74) is 4.11. The molecule has 1 aromatic heterocycles. The quantitative estimate of drug-likeness (QED) is 0.641. The van der Waals surface area contributed by atoms with Crippen molar-refractivity contribution >= 4 is 23.5 Å². The van der Waals surface area contributed by atoms with E-state index in [9.17, 15) is 23.2 Å². The third kappa shape index (κ3) is 5.22. The second-order valence-electron chi connectivity index (χ2n) is 7.31. The van der Waals surface area contributed by atoms with E-state index in [1.54, 1.807) is 0 Å². The van der Waals surface area contributed by atoms with Gasteiger partial charge in [-0.1, -0.05) is 33.3 Å². The van der Waals surface area contributed by atoms with Gasteiger partial charge < -0.3 is 10.6 Å². The van der Waals surface area contributed by atoms with Crippen molar-refractivity contribution in [3.05, 3.63) is 62.3 Å². The van der Waals surface area contributed by atoms with E-state index >= 15 is 0 Å². The van der Waals surface area contributed by atoms with E-state index in [2.05, 4.69) is 4.98 Å². The van der Waals surface area contributed by atoms with Crippen molar-refractivity contribution in [1.29, 1.82) is 0 Å². The number of carbonyl (C=O) groups excluding carboxylic acids is 1. The molecular weight excluding hydrogens is 394 g/mol. The van der Waals surface area contributed by atoms with E-state index in [1.165, 1.54) is 10.6 Å². The van der Waals surface area contributed by atoms with Crippen LogP contribution in [0.4, 0.5) is 20.3 Å². The smallest absolute Gasteiger partial charge is 0.330 e. The van der Waals surface area contributed by atoms with Gasteiger partial charge in [-0.3, -0.25) is 19.1 Å². The highest BCUT2D eigenvalue weighted by molar-refractivity contribution is 6.05. The third-order valence-electron chi connectivity index (χ3n) is 4.43. The van der Waals surface area contributed by atoms with Crippen LogP contribution in [0.5, 0.6) is 0 Å². The van der Waals surface area contributed by atoms with Crippen LogP contribution < -0.4 is 21.9 Å². The number of rotatable bonds is 8. The van der Waals surface area contributed by atoms with Gasteiger partial charge in [0.15, 0.2) is 5.69 Å². The Morgan fingerprint density at radius 1 is 1.27 bits per heavy atom. The van der Waals surface area contributed by atoms with E-state index in [1.807, 2.05) is 20.8 Å². The predicted octanol–water partition coefficient (Wildman–Crippen LogP) is 2.90. The maximum atomic E-state index is 13.8. The zero-order valence-corrected chi connectivity index (χ0v) is 17.2. The molecular formula is C21H26F2N4O3. The van der Waals surface area contributed by atoms with E-state index in [4.69, 9.17) is 5.73 Å². The first-order valence-corrected chi connectivity index (χ1v) is 9.73. The minimum absolute atomic E-state index is 0.0534. The molecule has 1 heterocycles. The molecule has 30 heavy (non-hydrogen) atoms. The first kappa shape index (κ1) is 23.1. The normalized spacial score (nSPS) is 11.4. The molecule has 0 unspecified atom stereocenters. The number of aromatic nitrogens is 2. The van der Waals surface area contributed by atoms with Crippen molar-refractivity contribution in [2.45, 2.75) is 40.2 Å². The summed E-state index contributed by atoms with van der Waals surface area (Å²) >= 11 is 0. The Labute approximate surface area is 172 Å². The van der Waals surface area contributed by atoms with Crippen LogP contribution in [0.3, 0.4) is 0 Å². The Morgan fingerprint density at radius 2 is 1.90 bits per heavy atom. The van der Waals surface area contributed by atoms with Gasteiger partial charge in [0.25, 0.3) is 11.5 Å². The predicted molar refractivity (Wildman–Crippen MR) is 113 cm³/mol. The van der Waals surface area contributed by atoms with Gasteiger partial charge in [0.1, 0.15) is 17.5 Å². The first-order chi connectivity index (χ1) is 14.2. The number of H-pyrrole nitrogens is 1. The van der Waals surface area contributed by atoms with Gasteiger partial charge in [0.2, 0.25) is 0 Å². The van der Waals surface area contributed by atoms with Gasteiger partial charge >= 0.3 is 5.69 Å². The molecule has 0 radical (unpaired) electrons. The number of nitrogen functional groups attached to an aromatic ring is 1. The Morgan fingerprint density at radius 3 is 2.47 bits per heavy atom. The van der Waals surface area contributed by atoms with Crippen LogP contribution in [-0.2, 0) is 11.3 Å². The minimum atomic E-state index is -0.820. The summed E-state index contributed by atoms with van der Waals surface area (Å²) < 4.78 is 28.9. The highest BCUT2D eigenvalue weighted by atomic mass is 19.1. The van der Waals surface area contributed by atoms with Crippen LogP contribution in [0.2, 0.25) is 0 Å². The number of nitrogens with zero attached hydrogens (tertiary/aromatic N) is 2. The average Bonchev–Trinajstić information content (AvgIpc) is 2.66. The zero-order valence-electron chi connectivity index (χ0n) is 17.2. The number of halogens is 2. The molecule has 0 spiro atoms. The van der Waals surface area contributed by atoms with E-state index < -0.39 is 28.8 Å². The lowest BCUT2D eigenvalue weighted by molar-refractivity contribution is -0.114. The maximum Gasteiger partial charge on any atom is 0.330 e. The highest BCUT2D eigenvalue weighted by Gasteiger charge is 2.23. The first-order valence-electron chi connectivity index (χ1n) is 9.73. The monoisotopic (exact) mass is 420 g/mol. The average molecular weight is 420 g/mol. The molecule has 9 heteroatoms. The number of nitrogens with two attached hydrogens (primary N) is 1. The summed E-state index contributed by atoms with van der Waals surface area (Å²) in [7, 11) is 0. The van der Waals surface area contributed by atoms with E-state index in [0.29, 0.717) is 6.42 Å². The largest absolute Gasteiger partial charge is 0.383 e. The highest BCUT2D eigenvalue weighted by Crippen LogP contribution is 2.20. The fourth-order valence-corrected chi connectivity index (χ4v) is 2.95. The second kappa shape index (κ2) is 10.00. The standard InChI is InChI=1S/C21H26F2N4O3/c1-4-5-11-26-19(24)18(20(29)25-21(26)30)27(12-13(2)3)17(28)10-9-14-15(22)7-6-8-16(14)23/h6-10,13H,4-5,11-12,24H2,1-3H3,(H,25,29,30). The molecule has 0 fully saturated rings. The minimum Gasteiger partial charge on any atom is -0.383 e. The Bertz CT molecular complexity index is 1040. The molecule has 7 nitrogen and oxygen atoms in total. The number of anilines is 2. The molecule has 162 valence electrons. The summed E-state index contributed by atoms with van der Waals surface area (Å²) in [5.74, 6) is -2.51. The maximum absolute atomic E-state index is 13.8. The lowest BCUT2D eigenvalue weighted by Crippen LogP contribution is -2.42. The molecule has 0 aliphatic rings. The Balaban J connectivity index is 2.52. The molecule has 0 atom stereocenters. The lowest BCUT2D eigenvalue weighted by atomic mass is 10.1. The summed E-state index contributed by atoms with van der Waals surface area (Å²) in [6, 6.07) is 3.37. The van der Waals surface area contributed by atoms with Gasteiger partial charge in [-0.25, -0.2) is 13.6 Å². The van der Waals surface area contributed by atoms with Crippen molar-refractivity contribution in [1.82, 2.24) is 9.55 Å². The number of hydrogen-bond donors (Lipinski definition) is 2. The number of nitrogens with one attached hydrogen (secondary N) is 1. The molecule has 0 aliphatic heterocycles. The summed E-state index contributed by atoms with van der Waals surface area (Å²) in [6.45, 7) is 6.00. The van der Waals surface area contributed by atoms with Gasteiger partial charge in [-0.15, -0.1) is 0 Å². The third-order valence-corrected chi connectivity index (χ3v) is 4.43. The Kier molecular flexibility index (Phi) is 7.68. The Hall–Kier alpha value is -3.23. The van der Waals surface area contributed by atoms with Crippen LogP contribution in [0.25, 0.3) is 6.08 Å². The zero-order chi connectivity index (χ0) is 22.4. The number of benzene rings is 1. The molecule has 3 N–H and O–H groups in total. The fraction of sp³-hybridized carbons (Fsp3) is 0.381.